The number of carboxylic acids is 1. The second-order valence-corrected chi connectivity index (χ2v) is 10.6. The standard InChI is InChI=1S/C24H36N2O7/c1-23(2,3)33-22(32)25-17-10-8-6-4-5-7-9-15-12-24(15,21(30)31)13-19(28)18-11-16(27)14-26(18)20(17)29/h7,9,15-18,27H,4-6,8,10-14H2,1-3H3,(H,25,32)(H,30,31)/b9-7-/t15-,16-,17+,18+,24-/m1/s1. The Morgan fingerprint density at radius 3 is 2.61 bits per heavy atom. The van der Waals surface area contributed by atoms with Crippen molar-refractivity contribution < 1.29 is 34.1 Å². The topological polar surface area (TPSA) is 133 Å². The molecule has 0 aromatic heterocycles. The fraction of sp³-hybridized carbons (Fsp3) is 0.750. The van der Waals surface area contributed by atoms with E-state index in [-0.39, 0.29) is 31.1 Å². The van der Waals surface area contributed by atoms with Crippen molar-refractivity contribution in [3.8, 4) is 0 Å². The summed E-state index contributed by atoms with van der Waals surface area (Å²) < 4.78 is 5.32. The highest BCUT2D eigenvalue weighted by Gasteiger charge is 2.61. The molecule has 184 valence electrons. The molecule has 1 saturated carbocycles. The average molecular weight is 465 g/mol. The summed E-state index contributed by atoms with van der Waals surface area (Å²) in [5.41, 5.74) is -1.86. The fourth-order valence-corrected chi connectivity index (χ4v) is 4.86. The predicted molar refractivity (Wildman–Crippen MR) is 119 cm³/mol. The number of fused-ring (bicyclic) bond motifs is 2. The number of aliphatic carboxylic acids is 1. The minimum atomic E-state index is -1.13. The van der Waals surface area contributed by atoms with E-state index >= 15 is 0 Å². The largest absolute Gasteiger partial charge is 0.481 e. The summed E-state index contributed by atoms with van der Waals surface area (Å²) in [7, 11) is 0. The molecule has 0 radical (unpaired) electrons. The molecule has 3 rings (SSSR count). The van der Waals surface area contributed by atoms with Crippen LogP contribution in [-0.4, -0.2) is 69.2 Å². The molecule has 9 nitrogen and oxygen atoms in total. The molecule has 3 N–H and O–H groups in total. The maximum atomic E-state index is 13.4. The molecule has 33 heavy (non-hydrogen) atoms. The number of carboxylic acid groups (broad SMARTS) is 1. The van der Waals surface area contributed by atoms with Crippen LogP contribution in [0.1, 0.15) is 72.1 Å². The van der Waals surface area contributed by atoms with E-state index in [4.69, 9.17) is 4.74 Å². The Labute approximate surface area is 194 Å². The minimum Gasteiger partial charge on any atom is -0.481 e. The number of carbonyl (C=O) groups is 4. The lowest BCUT2D eigenvalue weighted by Gasteiger charge is -2.30. The van der Waals surface area contributed by atoms with Gasteiger partial charge in [-0.05, 0) is 52.4 Å². The zero-order chi connectivity index (χ0) is 24.4. The first kappa shape index (κ1) is 25.2. The highest BCUT2D eigenvalue weighted by Crippen LogP contribution is 2.57. The van der Waals surface area contributed by atoms with Gasteiger partial charge < -0.3 is 25.2 Å². The van der Waals surface area contributed by atoms with Gasteiger partial charge >= 0.3 is 12.1 Å². The van der Waals surface area contributed by atoms with E-state index < -0.39 is 47.2 Å². The van der Waals surface area contributed by atoms with Gasteiger partial charge in [-0.25, -0.2) is 4.79 Å². The third-order valence-corrected chi connectivity index (χ3v) is 6.70. The summed E-state index contributed by atoms with van der Waals surface area (Å²) >= 11 is 0. The van der Waals surface area contributed by atoms with Crippen LogP contribution >= 0.6 is 0 Å². The van der Waals surface area contributed by atoms with Gasteiger partial charge in [-0.1, -0.05) is 25.0 Å². The van der Waals surface area contributed by atoms with E-state index in [2.05, 4.69) is 5.32 Å². The van der Waals surface area contributed by atoms with Crippen LogP contribution in [0.15, 0.2) is 12.2 Å². The lowest BCUT2D eigenvalue weighted by atomic mass is 9.92. The lowest BCUT2D eigenvalue weighted by molar-refractivity contribution is -0.147. The maximum absolute atomic E-state index is 13.4. The van der Waals surface area contributed by atoms with E-state index in [1.165, 1.54) is 4.90 Å². The van der Waals surface area contributed by atoms with Gasteiger partial charge in [0.05, 0.1) is 17.6 Å². The van der Waals surface area contributed by atoms with Crippen molar-refractivity contribution in [1.82, 2.24) is 10.2 Å². The highest BCUT2D eigenvalue weighted by molar-refractivity contribution is 5.96. The van der Waals surface area contributed by atoms with Gasteiger partial charge in [-0.2, -0.15) is 0 Å². The van der Waals surface area contributed by atoms with Gasteiger partial charge in [0.1, 0.15) is 11.6 Å². The summed E-state index contributed by atoms with van der Waals surface area (Å²) in [5.74, 6) is -2.00. The highest BCUT2D eigenvalue weighted by atomic mass is 16.6. The van der Waals surface area contributed by atoms with Gasteiger partial charge in [0.15, 0.2) is 5.78 Å². The Kier molecular flexibility index (Phi) is 7.51. The molecule has 2 fully saturated rings. The molecule has 2 aliphatic heterocycles. The smallest absolute Gasteiger partial charge is 0.408 e. The SMILES string of the molecule is CC(C)(C)OC(=O)N[C@H]1CCCCC/C=C\[C@@H]2C[C@@]2(C(=O)O)CC(=O)[C@@H]2C[C@@H](O)CN2C1=O. The molecule has 0 aromatic carbocycles. The number of allylic oxidation sites excluding steroid dienone is 2. The third kappa shape index (κ3) is 6.13. The molecule has 1 saturated heterocycles. The summed E-state index contributed by atoms with van der Waals surface area (Å²) in [6.07, 6.45) is 6.17. The Morgan fingerprint density at radius 2 is 1.94 bits per heavy atom. The van der Waals surface area contributed by atoms with Crippen molar-refractivity contribution in [2.75, 3.05) is 6.54 Å². The van der Waals surface area contributed by atoms with Crippen LogP contribution in [0.5, 0.6) is 0 Å². The molecule has 1 aliphatic carbocycles. The third-order valence-electron chi connectivity index (χ3n) is 6.70. The van der Waals surface area contributed by atoms with Crippen molar-refractivity contribution in [3.63, 3.8) is 0 Å². The molecule has 9 heteroatoms. The van der Waals surface area contributed by atoms with E-state index in [0.29, 0.717) is 19.3 Å². The molecule has 5 atom stereocenters. The quantitative estimate of drug-likeness (QED) is 0.535. The fourth-order valence-electron chi connectivity index (χ4n) is 4.86. The number of alkyl carbamates (subject to hydrolysis) is 1. The van der Waals surface area contributed by atoms with Crippen LogP contribution in [0.25, 0.3) is 0 Å². The van der Waals surface area contributed by atoms with Crippen molar-refractivity contribution in [3.05, 3.63) is 12.2 Å². The van der Waals surface area contributed by atoms with Gasteiger partial charge in [0.2, 0.25) is 5.91 Å². The molecule has 0 spiro atoms. The number of Topliss-reactive ketones (excluding diaryl/α,β-unsaturated/α-hetero) is 1. The van der Waals surface area contributed by atoms with Crippen LogP contribution in [0.4, 0.5) is 4.79 Å². The number of ether oxygens (including phenoxy) is 1. The van der Waals surface area contributed by atoms with Crippen molar-refractivity contribution in [2.24, 2.45) is 11.3 Å². The van der Waals surface area contributed by atoms with E-state index in [1.807, 2.05) is 12.2 Å². The molecule has 2 heterocycles. The monoisotopic (exact) mass is 464 g/mol. The van der Waals surface area contributed by atoms with Gasteiger partial charge in [0.25, 0.3) is 0 Å². The number of hydrogen-bond donors (Lipinski definition) is 3. The van der Waals surface area contributed by atoms with Crippen molar-refractivity contribution in [2.45, 2.75) is 95.9 Å². The normalized spacial score (nSPS) is 34.4. The number of aliphatic hydroxyl groups excluding tert-OH is 1. The number of aliphatic hydroxyl groups is 1. The second kappa shape index (κ2) is 9.83. The summed E-state index contributed by atoms with van der Waals surface area (Å²) in [6.45, 7) is 5.17. The minimum absolute atomic E-state index is 0.0227. The average Bonchev–Trinajstić information content (AvgIpc) is 3.25. The number of rotatable bonds is 2. The van der Waals surface area contributed by atoms with Crippen molar-refractivity contribution in [1.29, 1.82) is 0 Å². The molecule has 3 aliphatic rings. The Morgan fingerprint density at radius 1 is 1.21 bits per heavy atom. The van der Waals surface area contributed by atoms with Crippen LogP contribution in [-0.2, 0) is 19.1 Å². The second-order valence-electron chi connectivity index (χ2n) is 10.6. The number of amides is 2. The lowest BCUT2D eigenvalue weighted by Crippen LogP contribution is -2.52. The summed E-state index contributed by atoms with van der Waals surface area (Å²) in [5, 5.41) is 22.7. The molecule has 0 aromatic rings. The van der Waals surface area contributed by atoms with Crippen LogP contribution in [0.3, 0.4) is 0 Å². The first-order valence-corrected chi connectivity index (χ1v) is 11.8. The van der Waals surface area contributed by atoms with Gasteiger partial charge in [-0.3, -0.25) is 14.4 Å². The van der Waals surface area contributed by atoms with Crippen LogP contribution < -0.4 is 5.32 Å². The number of nitrogens with zero attached hydrogens (tertiary/aromatic N) is 1. The first-order valence-electron chi connectivity index (χ1n) is 11.8. The Hall–Kier alpha value is -2.42. The first-order chi connectivity index (χ1) is 15.4. The van der Waals surface area contributed by atoms with E-state index in [1.54, 1.807) is 20.8 Å². The summed E-state index contributed by atoms with van der Waals surface area (Å²) in [6, 6.07) is -1.79. The molecule has 0 bridgehead atoms. The Bertz CT molecular complexity index is 818. The number of ketones is 1. The van der Waals surface area contributed by atoms with Crippen LogP contribution in [0, 0.1) is 11.3 Å². The zero-order valence-corrected chi connectivity index (χ0v) is 19.7. The predicted octanol–water partition coefficient (Wildman–Crippen LogP) is 2.41. The molecule has 0 unspecified atom stereocenters. The molecular formula is C24H36N2O7. The van der Waals surface area contributed by atoms with Gasteiger partial charge in [0, 0.05) is 19.4 Å². The van der Waals surface area contributed by atoms with Gasteiger partial charge in [-0.15, -0.1) is 0 Å². The summed E-state index contributed by atoms with van der Waals surface area (Å²) in [4.78, 5) is 52.3. The Balaban J connectivity index is 1.83. The van der Waals surface area contributed by atoms with Crippen molar-refractivity contribution >= 4 is 23.8 Å². The number of carbonyl (C=O) groups excluding carboxylic acids is 3. The zero-order valence-electron chi connectivity index (χ0n) is 19.7. The van der Waals surface area contributed by atoms with E-state index in [9.17, 15) is 29.4 Å². The maximum Gasteiger partial charge on any atom is 0.408 e. The molecular weight excluding hydrogens is 428 g/mol. The molecule has 2 amide bonds. The number of hydrogen-bond acceptors (Lipinski definition) is 6. The van der Waals surface area contributed by atoms with E-state index in [0.717, 1.165) is 19.3 Å². The number of nitrogens with one attached hydrogen (secondary N) is 1. The van der Waals surface area contributed by atoms with Crippen LogP contribution in [0.2, 0.25) is 0 Å².